The maximum Gasteiger partial charge on any atom is 0.251 e. The molecule has 0 saturated heterocycles. The molecular weight excluding hydrogens is 396 g/mol. The fraction of sp³-hybridized carbons (Fsp3) is 0.259. The number of hydrogen-bond acceptors (Lipinski definition) is 3. The molecule has 1 amide bonds. The zero-order valence-corrected chi connectivity index (χ0v) is 18.8. The normalized spacial score (nSPS) is 11.2. The van der Waals surface area contributed by atoms with Crippen LogP contribution >= 0.6 is 0 Å². The highest BCUT2D eigenvalue weighted by Crippen LogP contribution is 2.15. The predicted molar refractivity (Wildman–Crippen MR) is 130 cm³/mol. The number of nitrogens with one attached hydrogen (secondary N) is 1. The zero-order valence-electron chi connectivity index (χ0n) is 18.8. The second kappa shape index (κ2) is 10.2. The Hall–Kier alpha value is -3.44. The summed E-state index contributed by atoms with van der Waals surface area (Å²) in [5.41, 5.74) is 6.34. The van der Waals surface area contributed by atoms with Crippen molar-refractivity contribution in [3.63, 3.8) is 0 Å². The van der Waals surface area contributed by atoms with E-state index >= 15 is 0 Å². The van der Waals surface area contributed by atoms with Crippen molar-refractivity contribution in [3.8, 4) is 0 Å². The molecule has 1 aromatic heterocycles. The highest BCUT2D eigenvalue weighted by atomic mass is 16.1. The third kappa shape index (κ3) is 5.24. The molecule has 1 N–H and O–H groups in total. The number of hydrogen-bond donors (Lipinski definition) is 1. The first-order chi connectivity index (χ1) is 15.7. The Balaban J connectivity index is 1.31. The lowest BCUT2D eigenvalue weighted by atomic mass is 10.1. The number of aromatic nitrogens is 2. The minimum absolute atomic E-state index is 0.0478. The number of fused-ring (bicyclic) bond motifs is 1. The third-order valence-corrected chi connectivity index (χ3v) is 5.87. The molecule has 0 spiro atoms. The fourth-order valence-electron chi connectivity index (χ4n) is 3.85. The van der Waals surface area contributed by atoms with Gasteiger partial charge in [-0.25, -0.2) is 4.98 Å². The molecule has 0 aliphatic heterocycles. The van der Waals surface area contributed by atoms with Gasteiger partial charge in [-0.05, 0) is 54.0 Å². The van der Waals surface area contributed by atoms with Crippen LogP contribution in [0.2, 0.25) is 0 Å². The van der Waals surface area contributed by atoms with Crippen LogP contribution < -0.4 is 5.32 Å². The first-order valence-corrected chi connectivity index (χ1v) is 11.2. The monoisotopic (exact) mass is 426 g/mol. The molecule has 5 nitrogen and oxygen atoms in total. The Bertz CT molecular complexity index is 1160. The molecule has 0 fully saturated rings. The summed E-state index contributed by atoms with van der Waals surface area (Å²) in [5, 5.41) is 3.02. The predicted octanol–water partition coefficient (Wildman–Crippen LogP) is 4.86. The van der Waals surface area contributed by atoms with Gasteiger partial charge in [0.2, 0.25) is 0 Å². The van der Waals surface area contributed by atoms with E-state index < -0.39 is 0 Å². The van der Waals surface area contributed by atoms with Crippen LogP contribution in [0.5, 0.6) is 0 Å². The molecule has 5 heteroatoms. The molecule has 4 rings (SSSR count). The lowest BCUT2D eigenvalue weighted by Crippen LogP contribution is -2.23. The van der Waals surface area contributed by atoms with Crippen molar-refractivity contribution in [2.75, 3.05) is 13.1 Å². The van der Waals surface area contributed by atoms with E-state index in [0.717, 1.165) is 42.8 Å². The van der Waals surface area contributed by atoms with Crippen LogP contribution in [0, 0.1) is 0 Å². The van der Waals surface area contributed by atoms with E-state index in [4.69, 9.17) is 0 Å². The van der Waals surface area contributed by atoms with Crippen molar-refractivity contribution < 1.29 is 4.79 Å². The first-order valence-electron chi connectivity index (χ1n) is 11.2. The molecule has 3 aromatic carbocycles. The van der Waals surface area contributed by atoms with Gasteiger partial charge in [0, 0.05) is 25.2 Å². The van der Waals surface area contributed by atoms with Gasteiger partial charge in [-0.3, -0.25) is 9.69 Å². The minimum Gasteiger partial charge on any atom is -0.348 e. The summed E-state index contributed by atoms with van der Waals surface area (Å²) in [6.07, 6.45) is 1.88. The van der Waals surface area contributed by atoms with E-state index in [9.17, 15) is 4.79 Å². The maximum absolute atomic E-state index is 12.5. The van der Waals surface area contributed by atoms with Gasteiger partial charge in [-0.2, -0.15) is 0 Å². The maximum atomic E-state index is 12.5. The number of benzene rings is 3. The Morgan fingerprint density at radius 1 is 0.875 bits per heavy atom. The van der Waals surface area contributed by atoms with Gasteiger partial charge in [0.1, 0.15) is 0 Å². The molecule has 0 unspecified atom stereocenters. The van der Waals surface area contributed by atoms with E-state index in [2.05, 4.69) is 63.9 Å². The molecule has 0 aliphatic rings. The lowest BCUT2D eigenvalue weighted by molar-refractivity contribution is 0.0951. The standard InChI is InChI=1S/C27H30N4O/c1-3-30(4-2)18-22-13-15-24(16-14-22)27(32)28-17-21-9-11-23(12-10-21)19-31-20-29-25-7-5-6-8-26(25)31/h5-16,20H,3-4,17-19H2,1-2H3,(H,28,32). The van der Waals surface area contributed by atoms with E-state index in [0.29, 0.717) is 12.1 Å². The summed E-state index contributed by atoms with van der Waals surface area (Å²) >= 11 is 0. The number of carbonyl (C=O) groups is 1. The minimum atomic E-state index is -0.0478. The highest BCUT2D eigenvalue weighted by Gasteiger charge is 2.07. The van der Waals surface area contributed by atoms with Crippen LogP contribution in [0.3, 0.4) is 0 Å². The summed E-state index contributed by atoms with van der Waals surface area (Å²) in [6.45, 7) is 8.57. The van der Waals surface area contributed by atoms with Gasteiger partial charge in [0.25, 0.3) is 5.91 Å². The van der Waals surface area contributed by atoms with Crippen molar-refractivity contribution in [1.29, 1.82) is 0 Å². The van der Waals surface area contributed by atoms with Gasteiger partial charge in [-0.1, -0.05) is 62.4 Å². The number of nitrogens with zero attached hydrogens (tertiary/aromatic N) is 3. The molecule has 0 aliphatic carbocycles. The summed E-state index contributed by atoms with van der Waals surface area (Å²) in [7, 11) is 0. The Kier molecular flexibility index (Phi) is 6.97. The van der Waals surface area contributed by atoms with E-state index in [1.54, 1.807) is 0 Å². The van der Waals surface area contributed by atoms with Crippen LogP contribution in [-0.2, 0) is 19.6 Å². The molecule has 0 atom stereocenters. The van der Waals surface area contributed by atoms with E-state index in [1.807, 2.05) is 48.8 Å². The number of amides is 1. The molecule has 1 heterocycles. The largest absolute Gasteiger partial charge is 0.348 e. The van der Waals surface area contributed by atoms with E-state index in [1.165, 1.54) is 11.1 Å². The Morgan fingerprint density at radius 3 is 2.25 bits per heavy atom. The third-order valence-electron chi connectivity index (χ3n) is 5.87. The highest BCUT2D eigenvalue weighted by molar-refractivity contribution is 5.94. The Morgan fingerprint density at radius 2 is 1.53 bits per heavy atom. The fourth-order valence-corrected chi connectivity index (χ4v) is 3.85. The van der Waals surface area contributed by atoms with Gasteiger partial charge < -0.3 is 9.88 Å². The van der Waals surface area contributed by atoms with Crippen molar-refractivity contribution in [3.05, 3.63) is 101 Å². The zero-order chi connectivity index (χ0) is 22.3. The molecule has 0 saturated carbocycles. The number of imidazole rings is 1. The van der Waals surface area contributed by atoms with Crippen LogP contribution in [0.4, 0.5) is 0 Å². The number of rotatable bonds is 9. The van der Waals surface area contributed by atoms with Crippen molar-refractivity contribution in [2.24, 2.45) is 0 Å². The smallest absolute Gasteiger partial charge is 0.251 e. The average Bonchev–Trinajstić information content (AvgIpc) is 3.25. The molecule has 32 heavy (non-hydrogen) atoms. The van der Waals surface area contributed by atoms with E-state index in [-0.39, 0.29) is 5.91 Å². The van der Waals surface area contributed by atoms with Crippen molar-refractivity contribution >= 4 is 16.9 Å². The average molecular weight is 427 g/mol. The van der Waals surface area contributed by atoms with Gasteiger partial charge in [0.15, 0.2) is 0 Å². The van der Waals surface area contributed by atoms with Crippen LogP contribution in [-0.4, -0.2) is 33.4 Å². The molecular formula is C27H30N4O. The lowest BCUT2D eigenvalue weighted by Gasteiger charge is -2.18. The van der Waals surface area contributed by atoms with Gasteiger partial charge in [0.05, 0.1) is 17.4 Å². The van der Waals surface area contributed by atoms with Crippen LogP contribution in [0.15, 0.2) is 79.1 Å². The van der Waals surface area contributed by atoms with Gasteiger partial charge >= 0.3 is 0 Å². The molecule has 0 radical (unpaired) electrons. The number of para-hydroxylation sites is 2. The molecule has 4 aromatic rings. The second-order valence-electron chi connectivity index (χ2n) is 8.02. The topological polar surface area (TPSA) is 50.2 Å². The van der Waals surface area contributed by atoms with Crippen molar-refractivity contribution in [2.45, 2.75) is 33.5 Å². The molecule has 0 bridgehead atoms. The van der Waals surface area contributed by atoms with Crippen LogP contribution in [0.25, 0.3) is 11.0 Å². The summed E-state index contributed by atoms with van der Waals surface area (Å²) in [5.74, 6) is -0.0478. The second-order valence-corrected chi connectivity index (χ2v) is 8.02. The van der Waals surface area contributed by atoms with Gasteiger partial charge in [-0.15, -0.1) is 0 Å². The first kappa shape index (κ1) is 21.8. The summed E-state index contributed by atoms with van der Waals surface area (Å²) in [4.78, 5) is 19.3. The summed E-state index contributed by atoms with van der Waals surface area (Å²) < 4.78 is 2.15. The molecule has 164 valence electrons. The van der Waals surface area contributed by atoms with Crippen LogP contribution in [0.1, 0.15) is 40.9 Å². The number of carbonyl (C=O) groups excluding carboxylic acids is 1. The Labute approximate surface area is 189 Å². The quantitative estimate of drug-likeness (QED) is 0.416. The SMILES string of the molecule is CCN(CC)Cc1ccc(C(=O)NCc2ccc(Cn3cnc4ccccc43)cc2)cc1. The van der Waals surface area contributed by atoms with Crippen molar-refractivity contribution in [1.82, 2.24) is 19.8 Å². The summed E-state index contributed by atoms with van der Waals surface area (Å²) in [6, 6.07) is 24.4.